The number of carbonyl (C=O) groups excluding carboxylic acids is 1. The van der Waals surface area contributed by atoms with E-state index in [1.807, 2.05) is 47.4 Å². The molecule has 1 saturated heterocycles. The van der Waals surface area contributed by atoms with Crippen LogP contribution in [0, 0.1) is 5.92 Å². The summed E-state index contributed by atoms with van der Waals surface area (Å²) in [4.78, 5) is 19.2. The lowest BCUT2D eigenvalue weighted by molar-refractivity contribution is -0.128. The Labute approximate surface area is 178 Å². The molecule has 0 N–H and O–H groups in total. The lowest BCUT2D eigenvalue weighted by Crippen LogP contribution is -2.54. The molecule has 0 bridgehead atoms. The van der Waals surface area contributed by atoms with Gasteiger partial charge in [0, 0.05) is 37.7 Å². The predicted molar refractivity (Wildman–Crippen MR) is 119 cm³/mol. The number of amides is 1. The fraction of sp³-hybridized carbons (Fsp3) is 0.522. The van der Waals surface area contributed by atoms with Crippen LogP contribution in [0.1, 0.15) is 25.1 Å². The number of para-hydroxylation sites is 2. The minimum Gasteiger partial charge on any atom is -0.495 e. The van der Waals surface area contributed by atoms with Crippen LogP contribution in [0.15, 0.2) is 41.8 Å². The van der Waals surface area contributed by atoms with Crippen LogP contribution in [0.5, 0.6) is 5.75 Å². The Balaban J connectivity index is 1.76. The molecule has 1 aromatic carbocycles. The van der Waals surface area contributed by atoms with Crippen LogP contribution < -0.4 is 9.64 Å². The molecule has 1 aliphatic rings. The SMILES string of the molecule is COc1ccccc1N(C(=O)C(C)OC)[C@@H]1CCN(CCc2cccs2)C[C@@H]1C. The summed E-state index contributed by atoms with van der Waals surface area (Å²) in [6, 6.07) is 12.2. The zero-order chi connectivity index (χ0) is 20.8. The molecule has 3 rings (SSSR count). The second-order valence-electron chi connectivity index (χ2n) is 7.72. The maximum absolute atomic E-state index is 13.3. The molecule has 3 atom stereocenters. The Hall–Kier alpha value is -1.89. The average molecular weight is 417 g/mol. The van der Waals surface area contributed by atoms with Crippen molar-refractivity contribution < 1.29 is 14.3 Å². The summed E-state index contributed by atoms with van der Waals surface area (Å²) in [6.45, 7) is 7.09. The minimum atomic E-state index is -0.496. The molecular weight excluding hydrogens is 384 g/mol. The number of anilines is 1. The fourth-order valence-electron chi connectivity index (χ4n) is 4.12. The molecular formula is C23H32N2O3S. The van der Waals surface area contributed by atoms with Crippen LogP contribution in [-0.4, -0.2) is 56.8 Å². The van der Waals surface area contributed by atoms with Gasteiger partial charge in [-0.1, -0.05) is 25.1 Å². The Morgan fingerprint density at radius 3 is 2.72 bits per heavy atom. The van der Waals surface area contributed by atoms with E-state index in [2.05, 4.69) is 29.3 Å². The molecule has 5 nitrogen and oxygen atoms in total. The third kappa shape index (κ3) is 5.18. The van der Waals surface area contributed by atoms with Crippen molar-refractivity contribution in [2.45, 2.75) is 38.8 Å². The van der Waals surface area contributed by atoms with Crippen molar-refractivity contribution in [3.8, 4) is 5.75 Å². The topological polar surface area (TPSA) is 42.0 Å². The number of methoxy groups -OCH3 is 2. The smallest absolute Gasteiger partial charge is 0.256 e. The van der Waals surface area contributed by atoms with Gasteiger partial charge in [-0.05, 0) is 49.3 Å². The third-order valence-electron chi connectivity index (χ3n) is 5.81. The number of benzene rings is 1. The minimum absolute atomic E-state index is 0.0131. The summed E-state index contributed by atoms with van der Waals surface area (Å²) in [5, 5.41) is 2.14. The average Bonchev–Trinajstić information content (AvgIpc) is 3.27. The summed E-state index contributed by atoms with van der Waals surface area (Å²) in [5.74, 6) is 1.06. The number of rotatable bonds is 8. The van der Waals surface area contributed by atoms with Gasteiger partial charge < -0.3 is 19.3 Å². The number of nitrogens with zero attached hydrogens (tertiary/aromatic N) is 2. The molecule has 0 aliphatic carbocycles. The van der Waals surface area contributed by atoms with Gasteiger partial charge in [0.05, 0.1) is 12.8 Å². The molecule has 158 valence electrons. The van der Waals surface area contributed by atoms with Crippen molar-refractivity contribution >= 4 is 22.9 Å². The number of ether oxygens (including phenoxy) is 2. The van der Waals surface area contributed by atoms with Gasteiger partial charge in [0.2, 0.25) is 0 Å². The second-order valence-corrected chi connectivity index (χ2v) is 8.75. The van der Waals surface area contributed by atoms with Gasteiger partial charge in [-0.2, -0.15) is 0 Å². The highest BCUT2D eigenvalue weighted by Crippen LogP contribution is 2.34. The molecule has 1 aromatic heterocycles. The molecule has 1 unspecified atom stereocenters. The van der Waals surface area contributed by atoms with E-state index in [4.69, 9.17) is 9.47 Å². The predicted octanol–water partition coefficient (Wildman–Crippen LogP) is 4.08. The van der Waals surface area contributed by atoms with E-state index in [-0.39, 0.29) is 11.9 Å². The Kier molecular flexibility index (Phi) is 7.70. The molecule has 1 aliphatic heterocycles. The summed E-state index contributed by atoms with van der Waals surface area (Å²) in [5.41, 5.74) is 0.827. The molecule has 2 aromatic rings. The van der Waals surface area contributed by atoms with Gasteiger partial charge in [-0.15, -0.1) is 11.3 Å². The monoisotopic (exact) mass is 416 g/mol. The van der Waals surface area contributed by atoms with Gasteiger partial charge >= 0.3 is 0 Å². The molecule has 0 spiro atoms. The zero-order valence-corrected chi connectivity index (χ0v) is 18.7. The molecule has 2 heterocycles. The molecule has 1 fully saturated rings. The van der Waals surface area contributed by atoms with E-state index in [0.717, 1.165) is 43.9 Å². The van der Waals surface area contributed by atoms with Crippen molar-refractivity contribution in [3.63, 3.8) is 0 Å². The highest BCUT2D eigenvalue weighted by molar-refractivity contribution is 7.09. The van der Waals surface area contributed by atoms with E-state index < -0.39 is 6.10 Å². The Morgan fingerprint density at radius 1 is 1.28 bits per heavy atom. The first-order chi connectivity index (χ1) is 14.0. The summed E-state index contributed by atoms with van der Waals surface area (Å²) < 4.78 is 10.9. The third-order valence-corrected chi connectivity index (χ3v) is 6.75. The number of hydrogen-bond donors (Lipinski definition) is 0. The molecule has 6 heteroatoms. The first-order valence-electron chi connectivity index (χ1n) is 10.3. The molecule has 0 saturated carbocycles. The molecule has 1 amide bonds. The number of piperidine rings is 1. The largest absolute Gasteiger partial charge is 0.495 e. The van der Waals surface area contributed by atoms with Gasteiger partial charge in [-0.3, -0.25) is 4.79 Å². The van der Waals surface area contributed by atoms with Crippen molar-refractivity contribution in [3.05, 3.63) is 46.7 Å². The first kappa shape index (κ1) is 21.8. The highest BCUT2D eigenvalue weighted by Gasteiger charge is 2.36. The van der Waals surface area contributed by atoms with Crippen LogP contribution in [0.25, 0.3) is 0 Å². The van der Waals surface area contributed by atoms with Crippen LogP contribution >= 0.6 is 11.3 Å². The van der Waals surface area contributed by atoms with Gasteiger partial charge in [0.15, 0.2) is 0 Å². The van der Waals surface area contributed by atoms with E-state index in [9.17, 15) is 4.79 Å². The number of hydrogen-bond acceptors (Lipinski definition) is 5. The fourth-order valence-corrected chi connectivity index (χ4v) is 4.81. The van der Waals surface area contributed by atoms with Crippen molar-refractivity contribution in [2.24, 2.45) is 5.92 Å². The summed E-state index contributed by atoms with van der Waals surface area (Å²) >= 11 is 1.82. The molecule has 0 radical (unpaired) electrons. The van der Waals surface area contributed by atoms with E-state index in [0.29, 0.717) is 5.92 Å². The van der Waals surface area contributed by atoms with Gasteiger partial charge in [-0.25, -0.2) is 0 Å². The molecule has 29 heavy (non-hydrogen) atoms. The quantitative estimate of drug-likeness (QED) is 0.650. The maximum Gasteiger partial charge on any atom is 0.256 e. The van der Waals surface area contributed by atoms with Crippen LogP contribution in [0.2, 0.25) is 0 Å². The number of carbonyl (C=O) groups is 1. The van der Waals surface area contributed by atoms with Gasteiger partial charge in [0.1, 0.15) is 11.9 Å². The Morgan fingerprint density at radius 2 is 2.07 bits per heavy atom. The summed E-state index contributed by atoms with van der Waals surface area (Å²) in [6.07, 6.45) is 1.53. The number of likely N-dealkylation sites (tertiary alicyclic amines) is 1. The van der Waals surface area contributed by atoms with Crippen LogP contribution in [-0.2, 0) is 16.0 Å². The maximum atomic E-state index is 13.3. The normalized spacial score (nSPS) is 21.0. The van der Waals surface area contributed by atoms with E-state index in [1.165, 1.54) is 4.88 Å². The van der Waals surface area contributed by atoms with Gasteiger partial charge in [0.25, 0.3) is 5.91 Å². The number of thiophene rings is 1. The second kappa shape index (κ2) is 10.2. The highest BCUT2D eigenvalue weighted by atomic mass is 32.1. The van der Waals surface area contributed by atoms with Crippen molar-refractivity contribution in [1.29, 1.82) is 0 Å². The van der Waals surface area contributed by atoms with Crippen LogP contribution in [0.4, 0.5) is 5.69 Å². The summed E-state index contributed by atoms with van der Waals surface area (Å²) in [7, 11) is 3.23. The standard InChI is InChI=1S/C23H32N2O3S/c1-17-16-24(13-11-19-8-7-15-29-19)14-12-20(17)25(23(26)18(2)27-3)21-9-5-6-10-22(21)28-4/h5-10,15,17-18,20H,11-14,16H2,1-4H3/t17-,18?,20+/m0/s1. The van der Waals surface area contributed by atoms with E-state index >= 15 is 0 Å². The first-order valence-corrected chi connectivity index (χ1v) is 11.2. The van der Waals surface area contributed by atoms with Crippen molar-refractivity contribution in [2.75, 3.05) is 38.8 Å². The van der Waals surface area contributed by atoms with E-state index in [1.54, 1.807) is 14.2 Å². The Bertz CT molecular complexity index is 780. The lowest BCUT2D eigenvalue weighted by atomic mass is 9.91. The zero-order valence-electron chi connectivity index (χ0n) is 17.8. The lowest BCUT2D eigenvalue weighted by Gasteiger charge is -2.43. The van der Waals surface area contributed by atoms with Crippen molar-refractivity contribution in [1.82, 2.24) is 4.90 Å². The van der Waals surface area contributed by atoms with Crippen LogP contribution in [0.3, 0.4) is 0 Å².